The third kappa shape index (κ3) is 3.70. The Balaban J connectivity index is 2.12. The Bertz CT molecular complexity index is 1020. The first-order valence-electron chi connectivity index (χ1n) is 7.16. The number of rotatable bonds is 4. The summed E-state index contributed by atoms with van der Waals surface area (Å²) >= 11 is 5.80. The van der Waals surface area contributed by atoms with Crippen LogP contribution in [0.2, 0.25) is 5.02 Å². The third-order valence-corrected chi connectivity index (χ3v) is 7.16. The van der Waals surface area contributed by atoms with Gasteiger partial charge in [-0.2, -0.15) is 0 Å². The molecule has 2 aromatic carbocycles. The van der Waals surface area contributed by atoms with Crippen LogP contribution < -0.4 is 4.31 Å². The highest BCUT2D eigenvalue weighted by Gasteiger charge is 2.35. The number of halogens is 2. The van der Waals surface area contributed by atoms with Gasteiger partial charge in [0.05, 0.1) is 22.4 Å². The van der Waals surface area contributed by atoms with Gasteiger partial charge in [-0.05, 0) is 54.6 Å². The molecule has 0 amide bonds. The molecule has 3 rings (SSSR count). The molecule has 132 valence electrons. The van der Waals surface area contributed by atoms with Gasteiger partial charge in [0, 0.05) is 10.4 Å². The van der Waals surface area contributed by atoms with Crippen molar-refractivity contribution >= 4 is 37.1 Å². The summed E-state index contributed by atoms with van der Waals surface area (Å²) in [6, 6.07) is 9.43. The van der Waals surface area contributed by atoms with Gasteiger partial charge >= 0.3 is 0 Å². The largest absolute Gasteiger partial charge is 0.264 e. The van der Waals surface area contributed by atoms with Gasteiger partial charge in [-0.15, -0.1) is 0 Å². The lowest BCUT2D eigenvalue weighted by Gasteiger charge is -2.29. The van der Waals surface area contributed by atoms with Crippen molar-refractivity contribution in [3.8, 4) is 0 Å². The molecule has 0 saturated heterocycles. The van der Waals surface area contributed by atoms with Crippen molar-refractivity contribution in [3.05, 3.63) is 70.9 Å². The molecule has 1 heterocycles. The molecule has 0 aromatic heterocycles. The van der Waals surface area contributed by atoms with Crippen molar-refractivity contribution < 1.29 is 21.2 Å². The van der Waals surface area contributed by atoms with Crippen molar-refractivity contribution in [3.63, 3.8) is 0 Å². The van der Waals surface area contributed by atoms with E-state index in [4.69, 9.17) is 11.6 Å². The van der Waals surface area contributed by atoms with Crippen LogP contribution in [-0.2, 0) is 19.9 Å². The summed E-state index contributed by atoms with van der Waals surface area (Å²) in [5.41, 5.74) is 0.170. The number of anilines is 1. The number of sulfonamides is 1. The molecule has 1 atom stereocenters. The quantitative estimate of drug-likeness (QED) is 0.789. The zero-order valence-corrected chi connectivity index (χ0v) is 15.1. The van der Waals surface area contributed by atoms with Crippen LogP contribution in [0.3, 0.4) is 0 Å². The Morgan fingerprint density at radius 3 is 2.16 bits per heavy atom. The molecule has 1 unspecified atom stereocenters. The summed E-state index contributed by atoms with van der Waals surface area (Å²) in [6.07, 6.45) is 1.31. The first-order chi connectivity index (χ1) is 11.7. The molecule has 0 saturated carbocycles. The second-order valence-electron chi connectivity index (χ2n) is 5.46. The van der Waals surface area contributed by atoms with Gasteiger partial charge in [0.15, 0.2) is 9.84 Å². The number of hydrogen-bond acceptors (Lipinski definition) is 4. The normalized spacial score (nSPS) is 19.0. The van der Waals surface area contributed by atoms with Crippen LogP contribution in [0.4, 0.5) is 10.1 Å². The van der Waals surface area contributed by atoms with Gasteiger partial charge < -0.3 is 0 Å². The molecule has 9 heteroatoms. The molecule has 0 fully saturated rings. The summed E-state index contributed by atoms with van der Waals surface area (Å²) in [5.74, 6) is -0.904. The lowest BCUT2D eigenvalue weighted by atomic mass is 10.2. The average Bonchev–Trinajstić information content (AvgIpc) is 2.89. The highest BCUT2D eigenvalue weighted by molar-refractivity contribution is 7.95. The molecule has 0 aliphatic carbocycles. The van der Waals surface area contributed by atoms with Crippen LogP contribution >= 0.6 is 11.6 Å². The van der Waals surface area contributed by atoms with E-state index >= 15 is 0 Å². The molecule has 1 aliphatic heterocycles. The highest BCUT2D eigenvalue weighted by atomic mass is 35.5. The first kappa shape index (κ1) is 17.9. The van der Waals surface area contributed by atoms with Crippen LogP contribution in [0.25, 0.3) is 0 Å². The van der Waals surface area contributed by atoms with E-state index in [1.807, 2.05) is 0 Å². The minimum atomic E-state index is -4.08. The van der Waals surface area contributed by atoms with Crippen molar-refractivity contribution in [2.45, 2.75) is 10.9 Å². The number of nitrogens with zero attached hydrogens (tertiary/aromatic N) is 1. The monoisotopic (exact) mass is 401 g/mol. The van der Waals surface area contributed by atoms with E-state index < -0.39 is 31.7 Å². The van der Waals surface area contributed by atoms with Crippen molar-refractivity contribution in [2.24, 2.45) is 0 Å². The Morgan fingerprint density at radius 1 is 1.04 bits per heavy atom. The van der Waals surface area contributed by atoms with E-state index in [2.05, 4.69) is 0 Å². The molecule has 25 heavy (non-hydrogen) atoms. The molecule has 1 aliphatic rings. The number of hydrogen-bond donors (Lipinski definition) is 0. The Hall–Kier alpha value is -1.90. The smallest absolute Gasteiger partial charge is 0.258 e. The van der Waals surface area contributed by atoms with Gasteiger partial charge in [-0.3, -0.25) is 4.31 Å². The van der Waals surface area contributed by atoms with Gasteiger partial charge in [0.25, 0.3) is 10.0 Å². The van der Waals surface area contributed by atoms with Crippen LogP contribution in [0.15, 0.2) is 64.9 Å². The third-order valence-electron chi connectivity index (χ3n) is 3.66. The Kier molecular flexibility index (Phi) is 4.61. The van der Waals surface area contributed by atoms with Crippen molar-refractivity contribution in [2.75, 3.05) is 10.1 Å². The zero-order valence-electron chi connectivity index (χ0n) is 12.7. The Morgan fingerprint density at radius 2 is 1.64 bits per heavy atom. The number of sulfone groups is 1. The molecule has 5 nitrogen and oxygen atoms in total. The minimum Gasteiger partial charge on any atom is -0.258 e. The second-order valence-corrected chi connectivity index (χ2v) is 9.64. The number of benzene rings is 2. The van der Waals surface area contributed by atoms with Crippen molar-refractivity contribution in [1.29, 1.82) is 0 Å². The molecular weight excluding hydrogens is 389 g/mol. The van der Waals surface area contributed by atoms with E-state index in [0.717, 1.165) is 21.8 Å². The van der Waals surface area contributed by atoms with Crippen molar-refractivity contribution in [1.82, 2.24) is 0 Å². The Labute approximate surface area is 150 Å². The average molecular weight is 402 g/mol. The first-order valence-corrected chi connectivity index (χ1v) is 10.7. The van der Waals surface area contributed by atoms with E-state index in [-0.39, 0.29) is 16.3 Å². The van der Waals surface area contributed by atoms with Crippen LogP contribution in [-0.4, -0.2) is 28.6 Å². The maximum Gasteiger partial charge on any atom is 0.264 e. The van der Waals surface area contributed by atoms with E-state index in [0.29, 0.717) is 5.02 Å². The van der Waals surface area contributed by atoms with Gasteiger partial charge in [0.2, 0.25) is 0 Å². The standard InChI is InChI=1S/C16H13ClFNO4S2/c17-12-1-7-16(8-2-12)25(22,23)19(14-5-3-13(18)4-6-14)15-9-10-24(20,21)11-15/h1-10,15H,11H2. The van der Waals surface area contributed by atoms with Gasteiger partial charge in [-0.1, -0.05) is 11.6 Å². The summed E-state index contributed by atoms with van der Waals surface area (Å²) < 4.78 is 63.9. The predicted molar refractivity (Wildman–Crippen MR) is 94.2 cm³/mol. The maximum absolute atomic E-state index is 13.2. The SMILES string of the molecule is O=S1(=O)C=CC(N(c2ccc(F)cc2)S(=O)(=O)c2ccc(Cl)cc2)C1. The fourth-order valence-electron chi connectivity index (χ4n) is 2.52. The second kappa shape index (κ2) is 6.44. The molecule has 0 N–H and O–H groups in total. The van der Waals surface area contributed by atoms with Crippen LogP contribution in [0.1, 0.15) is 0 Å². The van der Waals surface area contributed by atoms with Gasteiger partial charge in [-0.25, -0.2) is 21.2 Å². The zero-order chi connectivity index (χ0) is 18.2. The molecule has 0 spiro atoms. The molecule has 0 radical (unpaired) electrons. The fraction of sp³-hybridized carbons (Fsp3) is 0.125. The lowest BCUT2D eigenvalue weighted by molar-refractivity contribution is 0.586. The highest BCUT2D eigenvalue weighted by Crippen LogP contribution is 2.30. The van der Waals surface area contributed by atoms with Crippen LogP contribution in [0.5, 0.6) is 0 Å². The summed E-state index contributed by atoms with van der Waals surface area (Å²) in [5, 5.41) is 1.36. The van der Waals surface area contributed by atoms with Gasteiger partial charge in [0.1, 0.15) is 5.82 Å². The molecule has 0 bridgehead atoms. The minimum absolute atomic E-state index is 0.0427. The topological polar surface area (TPSA) is 71.5 Å². The maximum atomic E-state index is 13.2. The van der Waals surface area contributed by atoms with E-state index in [1.165, 1.54) is 42.5 Å². The summed E-state index contributed by atoms with van der Waals surface area (Å²) in [7, 11) is -7.57. The molecule has 2 aromatic rings. The predicted octanol–water partition coefficient (Wildman–Crippen LogP) is 2.99. The summed E-state index contributed by atoms with van der Waals surface area (Å²) in [6.45, 7) is 0. The van der Waals surface area contributed by atoms with E-state index in [1.54, 1.807) is 0 Å². The fourth-order valence-corrected chi connectivity index (χ4v) is 5.62. The van der Waals surface area contributed by atoms with Crippen LogP contribution in [0, 0.1) is 5.82 Å². The van der Waals surface area contributed by atoms with E-state index in [9.17, 15) is 21.2 Å². The summed E-state index contributed by atoms with van der Waals surface area (Å²) in [4.78, 5) is -0.0427. The lowest BCUT2D eigenvalue weighted by Crippen LogP contribution is -2.41. The molecular formula is C16H13ClFNO4S2.